The molecule has 0 saturated heterocycles. The van der Waals surface area contributed by atoms with Crippen LogP contribution in [0.1, 0.15) is 28.6 Å². The fourth-order valence-electron chi connectivity index (χ4n) is 1.94. The van der Waals surface area contributed by atoms with E-state index in [9.17, 15) is 4.79 Å². The summed E-state index contributed by atoms with van der Waals surface area (Å²) in [6.07, 6.45) is 0.721. The van der Waals surface area contributed by atoms with Crippen molar-refractivity contribution in [1.29, 1.82) is 0 Å². The molecule has 1 amide bonds. The maximum absolute atomic E-state index is 12.2. The predicted molar refractivity (Wildman–Crippen MR) is 95.9 cm³/mol. The Kier molecular flexibility index (Phi) is 6.18. The predicted octanol–water partition coefficient (Wildman–Crippen LogP) is 4.07. The van der Waals surface area contributed by atoms with E-state index in [2.05, 4.69) is 26.5 Å². The van der Waals surface area contributed by atoms with Crippen LogP contribution in [-0.2, 0) is 0 Å². The Hall–Kier alpha value is -1.86. The minimum atomic E-state index is -0.299. The average molecular weight is 397 g/mol. The van der Waals surface area contributed by atoms with Gasteiger partial charge in [-0.2, -0.15) is 5.10 Å². The van der Waals surface area contributed by atoms with Gasteiger partial charge < -0.3 is 9.47 Å². The fraction of sp³-hybridized carbons (Fsp3) is 0.250. The van der Waals surface area contributed by atoms with Crippen molar-refractivity contribution in [3.63, 3.8) is 0 Å². The van der Waals surface area contributed by atoms with Crippen molar-refractivity contribution in [2.75, 3.05) is 14.2 Å². The number of thiophene rings is 1. The lowest BCUT2D eigenvalue weighted by molar-refractivity contribution is 0.0954. The molecule has 0 spiro atoms. The van der Waals surface area contributed by atoms with E-state index in [1.165, 1.54) is 7.11 Å². The van der Waals surface area contributed by atoms with Crippen LogP contribution in [0.25, 0.3) is 0 Å². The first-order valence-corrected chi connectivity index (χ1v) is 8.54. The summed E-state index contributed by atoms with van der Waals surface area (Å²) in [5.74, 6) is 0.778. The van der Waals surface area contributed by atoms with Gasteiger partial charge in [-0.15, -0.1) is 11.3 Å². The molecule has 0 saturated carbocycles. The number of hydrogen-bond acceptors (Lipinski definition) is 5. The SMILES string of the molecule is CC/C(=N/NC(=O)c1ccc(OC)c(OC)c1)c1ccc(Br)s1. The smallest absolute Gasteiger partial charge is 0.271 e. The number of amides is 1. The topological polar surface area (TPSA) is 59.9 Å². The van der Waals surface area contributed by atoms with Gasteiger partial charge >= 0.3 is 0 Å². The third-order valence-corrected chi connectivity index (χ3v) is 4.80. The highest BCUT2D eigenvalue weighted by atomic mass is 79.9. The van der Waals surface area contributed by atoms with Crippen molar-refractivity contribution in [2.45, 2.75) is 13.3 Å². The summed E-state index contributed by atoms with van der Waals surface area (Å²) < 4.78 is 11.4. The summed E-state index contributed by atoms with van der Waals surface area (Å²) >= 11 is 5.00. The van der Waals surface area contributed by atoms with E-state index in [0.29, 0.717) is 17.1 Å². The Morgan fingerprint density at radius 3 is 2.52 bits per heavy atom. The number of hydrogen-bond donors (Lipinski definition) is 1. The Labute approximate surface area is 147 Å². The van der Waals surface area contributed by atoms with Crippen molar-refractivity contribution >= 4 is 38.9 Å². The zero-order chi connectivity index (χ0) is 16.8. The molecular weight excluding hydrogens is 380 g/mol. The molecule has 1 N–H and O–H groups in total. The Bertz CT molecular complexity index is 728. The lowest BCUT2D eigenvalue weighted by atomic mass is 10.2. The van der Waals surface area contributed by atoms with Crippen molar-refractivity contribution in [3.05, 3.63) is 44.6 Å². The standard InChI is InChI=1S/C16H17BrN2O3S/c1-4-11(14-7-8-15(17)23-14)18-19-16(20)10-5-6-12(21-2)13(9-10)22-3/h5-9H,4H2,1-3H3,(H,19,20)/b18-11-. The first-order chi connectivity index (χ1) is 11.1. The van der Waals surface area contributed by atoms with Crippen LogP contribution in [0.15, 0.2) is 39.2 Å². The average Bonchev–Trinajstić information content (AvgIpc) is 3.00. The molecule has 2 rings (SSSR count). The summed E-state index contributed by atoms with van der Waals surface area (Å²) in [7, 11) is 3.08. The minimum Gasteiger partial charge on any atom is -0.493 e. The Balaban J connectivity index is 2.16. The Morgan fingerprint density at radius 2 is 1.96 bits per heavy atom. The maximum Gasteiger partial charge on any atom is 0.271 e. The molecule has 1 aromatic carbocycles. The van der Waals surface area contributed by atoms with E-state index in [0.717, 1.165) is 20.8 Å². The monoisotopic (exact) mass is 396 g/mol. The number of halogens is 1. The maximum atomic E-state index is 12.2. The fourth-order valence-corrected chi connectivity index (χ4v) is 3.38. The molecule has 0 aliphatic heterocycles. The lowest BCUT2D eigenvalue weighted by Crippen LogP contribution is -2.19. The second-order valence-corrected chi connectivity index (χ2v) is 6.99. The minimum absolute atomic E-state index is 0.299. The third kappa shape index (κ3) is 4.33. The van der Waals surface area contributed by atoms with Gasteiger partial charge in [-0.25, -0.2) is 5.43 Å². The molecule has 1 aromatic heterocycles. The van der Waals surface area contributed by atoms with Crippen LogP contribution in [-0.4, -0.2) is 25.8 Å². The summed E-state index contributed by atoms with van der Waals surface area (Å²) in [4.78, 5) is 13.3. The molecule has 0 fully saturated rings. The highest BCUT2D eigenvalue weighted by molar-refractivity contribution is 9.11. The van der Waals surface area contributed by atoms with Gasteiger partial charge in [0.05, 0.1) is 28.6 Å². The van der Waals surface area contributed by atoms with E-state index < -0.39 is 0 Å². The van der Waals surface area contributed by atoms with Crippen molar-refractivity contribution in [3.8, 4) is 11.5 Å². The Morgan fingerprint density at radius 1 is 1.22 bits per heavy atom. The largest absolute Gasteiger partial charge is 0.493 e. The first-order valence-electron chi connectivity index (χ1n) is 6.93. The number of methoxy groups -OCH3 is 2. The normalized spacial score (nSPS) is 11.2. The highest BCUT2D eigenvalue weighted by Crippen LogP contribution is 2.27. The summed E-state index contributed by atoms with van der Waals surface area (Å²) in [6, 6.07) is 8.91. The van der Waals surface area contributed by atoms with E-state index in [1.54, 1.807) is 36.6 Å². The molecule has 1 heterocycles. The molecule has 0 unspecified atom stereocenters. The van der Waals surface area contributed by atoms with Crippen molar-refractivity contribution < 1.29 is 14.3 Å². The number of nitrogens with one attached hydrogen (secondary N) is 1. The van der Waals surface area contributed by atoms with Gasteiger partial charge in [0.2, 0.25) is 0 Å². The second-order valence-electron chi connectivity index (χ2n) is 4.53. The van der Waals surface area contributed by atoms with Gasteiger partial charge in [0.25, 0.3) is 5.91 Å². The number of carbonyl (C=O) groups excluding carboxylic acids is 1. The van der Waals surface area contributed by atoms with E-state index in [4.69, 9.17) is 9.47 Å². The molecule has 5 nitrogen and oxygen atoms in total. The van der Waals surface area contributed by atoms with Crippen LogP contribution in [0.2, 0.25) is 0 Å². The van der Waals surface area contributed by atoms with Gasteiger partial charge in [-0.1, -0.05) is 6.92 Å². The molecule has 7 heteroatoms. The summed E-state index contributed by atoms with van der Waals surface area (Å²) in [5.41, 5.74) is 3.87. The van der Waals surface area contributed by atoms with Gasteiger partial charge in [0, 0.05) is 5.56 Å². The molecule has 122 valence electrons. The molecule has 0 radical (unpaired) electrons. The molecular formula is C16H17BrN2O3S. The van der Waals surface area contributed by atoms with Crippen LogP contribution in [0.4, 0.5) is 0 Å². The zero-order valence-electron chi connectivity index (χ0n) is 13.1. The molecule has 23 heavy (non-hydrogen) atoms. The van der Waals surface area contributed by atoms with E-state index in [1.807, 2.05) is 19.1 Å². The summed E-state index contributed by atoms with van der Waals surface area (Å²) in [6.45, 7) is 2.00. The molecule has 2 aromatic rings. The number of benzene rings is 1. The van der Waals surface area contributed by atoms with Crippen LogP contribution < -0.4 is 14.9 Å². The molecule has 0 bridgehead atoms. The number of nitrogens with zero attached hydrogens (tertiary/aromatic N) is 1. The van der Waals surface area contributed by atoms with Crippen LogP contribution in [0.5, 0.6) is 11.5 Å². The van der Waals surface area contributed by atoms with Gasteiger partial charge in [0.1, 0.15) is 0 Å². The van der Waals surface area contributed by atoms with E-state index in [-0.39, 0.29) is 5.91 Å². The van der Waals surface area contributed by atoms with Crippen molar-refractivity contribution in [2.24, 2.45) is 5.10 Å². The van der Waals surface area contributed by atoms with Gasteiger partial charge in [-0.05, 0) is 52.7 Å². The summed E-state index contributed by atoms with van der Waals surface area (Å²) in [5, 5.41) is 4.23. The van der Waals surface area contributed by atoms with Crippen LogP contribution >= 0.6 is 27.3 Å². The highest BCUT2D eigenvalue weighted by Gasteiger charge is 2.11. The molecule has 0 atom stereocenters. The second kappa shape index (κ2) is 8.12. The van der Waals surface area contributed by atoms with E-state index >= 15 is 0 Å². The first kappa shape index (κ1) is 17.5. The van der Waals surface area contributed by atoms with Gasteiger partial charge in [-0.3, -0.25) is 4.79 Å². The number of ether oxygens (including phenoxy) is 2. The quantitative estimate of drug-likeness (QED) is 0.591. The molecule has 0 aliphatic carbocycles. The third-order valence-electron chi connectivity index (χ3n) is 3.13. The zero-order valence-corrected chi connectivity index (χ0v) is 15.5. The van der Waals surface area contributed by atoms with Crippen molar-refractivity contribution in [1.82, 2.24) is 5.43 Å². The number of carbonyl (C=O) groups is 1. The van der Waals surface area contributed by atoms with Gasteiger partial charge in [0.15, 0.2) is 11.5 Å². The lowest BCUT2D eigenvalue weighted by Gasteiger charge is -2.09. The number of hydrazone groups is 1. The van der Waals surface area contributed by atoms with Crippen LogP contribution in [0.3, 0.4) is 0 Å². The van der Waals surface area contributed by atoms with Crippen LogP contribution in [0, 0.1) is 0 Å². The number of rotatable bonds is 6. The molecule has 0 aliphatic rings.